The zero-order chi connectivity index (χ0) is 27.0. The molecule has 0 atom stereocenters. The highest BCUT2D eigenvalue weighted by Crippen LogP contribution is 2.26. The fraction of sp³-hybridized carbons (Fsp3) is 0.333. The second-order valence-electron chi connectivity index (χ2n) is 7.69. The summed E-state index contributed by atoms with van der Waals surface area (Å²) in [6, 6.07) is 3.63. The van der Waals surface area contributed by atoms with E-state index in [9.17, 15) is 21.6 Å². The number of nitrogens with one attached hydrogen (secondary N) is 1. The molecule has 19 heteroatoms. The number of carbonyl (C=O) groups excluding carboxylic acids is 1. The first kappa shape index (κ1) is 27.3. The van der Waals surface area contributed by atoms with Crippen LogP contribution < -0.4 is 14.5 Å². The number of nitrogens with zero attached hydrogens (tertiary/aromatic N) is 8. The minimum absolute atomic E-state index is 0.0738. The van der Waals surface area contributed by atoms with Crippen molar-refractivity contribution in [2.75, 3.05) is 54.0 Å². The fourth-order valence-electron chi connectivity index (χ4n) is 3.27. The summed E-state index contributed by atoms with van der Waals surface area (Å²) in [5.74, 6) is -1.13. The fourth-order valence-corrected chi connectivity index (χ4v) is 6.16. The molecule has 14 nitrogen and oxygen atoms in total. The van der Waals surface area contributed by atoms with Crippen LogP contribution in [0.25, 0.3) is 0 Å². The molecular weight excluding hydrogens is 589 g/mol. The monoisotopic (exact) mass is 607 g/mol. The van der Waals surface area contributed by atoms with Gasteiger partial charge in [0.25, 0.3) is 15.9 Å². The van der Waals surface area contributed by atoms with Crippen LogP contribution in [0.4, 0.5) is 16.8 Å². The summed E-state index contributed by atoms with van der Waals surface area (Å²) in [7, 11) is -6.48. The molecule has 0 unspecified atom stereocenters. The third-order valence-corrected chi connectivity index (χ3v) is 9.61. The third kappa shape index (κ3) is 6.07. The Labute approximate surface area is 226 Å². The minimum atomic E-state index is -3.93. The maximum Gasteiger partial charge on any atom is 0.262 e. The molecule has 1 saturated heterocycles. The van der Waals surface area contributed by atoms with Gasteiger partial charge in [-0.15, -0.1) is 31.7 Å². The van der Waals surface area contributed by atoms with Gasteiger partial charge in [-0.05, 0) is 18.2 Å². The number of halogens is 2. The number of hydrogen-bond donors (Lipinski definition) is 1. The summed E-state index contributed by atoms with van der Waals surface area (Å²) in [6.45, 7) is 1.28. The summed E-state index contributed by atoms with van der Waals surface area (Å²) in [5.41, 5.74) is -0.189. The molecule has 0 aromatic carbocycles. The number of amides is 1. The number of thiazole rings is 1. The number of rotatable bonds is 7. The molecule has 0 bridgehead atoms. The van der Waals surface area contributed by atoms with Gasteiger partial charge in [0.05, 0.1) is 11.8 Å². The Kier molecular flexibility index (Phi) is 7.82. The first-order valence-corrected chi connectivity index (χ1v) is 15.3. The number of sulfonamides is 2. The van der Waals surface area contributed by atoms with Gasteiger partial charge in [-0.25, -0.2) is 21.8 Å². The lowest BCUT2D eigenvalue weighted by molar-refractivity contribution is 0.102. The molecule has 3 aromatic heterocycles. The van der Waals surface area contributed by atoms with Gasteiger partial charge in [-0.2, -0.15) is 4.31 Å². The highest BCUT2D eigenvalue weighted by Gasteiger charge is 2.31. The molecule has 4 heterocycles. The minimum Gasteiger partial charge on any atom is -0.345 e. The Morgan fingerprint density at radius 2 is 1.73 bits per heavy atom. The van der Waals surface area contributed by atoms with Crippen LogP contribution in [0.5, 0.6) is 0 Å². The lowest BCUT2D eigenvalue weighted by Crippen LogP contribution is -2.48. The van der Waals surface area contributed by atoms with Gasteiger partial charge in [0.2, 0.25) is 10.0 Å². The van der Waals surface area contributed by atoms with Crippen molar-refractivity contribution in [3.05, 3.63) is 39.4 Å². The SMILES string of the molecule is CN(c1nnc(Cl)cc1C(=O)Nc1ccc(S(=O)(=O)N2CCN(c3nc(Cl)cs3)CC2)nn1)S(C)(=O)=O. The van der Waals surface area contributed by atoms with E-state index in [1.165, 1.54) is 34.8 Å². The lowest BCUT2D eigenvalue weighted by atomic mass is 10.2. The highest BCUT2D eigenvalue weighted by molar-refractivity contribution is 7.92. The predicted molar refractivity (Wildman–Crippen MR) is 138 cm³/mol. The van der Waals surface area contributed by atoms with Gasteiger partial charge in [0.1, 0.15) is 5.15 Å². The second-order valence-corrected chi connectivity index (χ2v) is 13.2. The molecule has 1 aliphatic heterocycles. The Bertz CT molecular complexity index is 1530. The first-order valence-electron chi connectivity index (χ1n) is 10.3. The molecule has 198 valence electrons. The molecule has 1 N–H and O–H groups in total. The standard InChI is InChI=1S/C18H19Cl2N9O5S3/c1-27(36(2,31)32)16-11(9-12(19)23-26-16)17(30)22-14-3-4-15(25-24-14)37(33,34)29-7-5-28(6-8-29)18-21-13(20)10-35-18/h3-4,9-10H,5-8H2,1-2H3,(H,22,24,30). The second kappa shape index (κ2) is 10.6. The maximum absolute atomic E-state index is 13.0. The predicted octanol–water partition coefficient (Wildman–Crippen LogP) is 1.19. The average Bonchev–Trinajstić information content (AvgIpc) is 3.29. The van der Waals surface area contributed by atoms with E-state index in [1.54, 1.807) is 5.38 Å². The van der Waals surface area contributed by atoms with Crippen LogP contribution in [0, 0.1) is 0 Å². The van der Waals surface area contributed by atoms with E-state index >= 15 is 0 Å². The van der Waals surface area contributed by atoms with Crippen LogP contribution in [0.3, 0.4) is 0 Å². The van der Waals surface area contributed by atoms with Crippen LogP contribution in [0.15, 0.2) is 28.6 Å². The molecule has 0 spiro atoms. The summed E-state index contributed by atoms with van der Waals surface area (Å²) in [6.07, 6.45) is 0.935. The normalized spacial score (nSPS) is 15.0. The van der Waals surface area contributed by atoms with E-state index in [-0.39, 0.29) is 40.5 Å². The molecule has 1 amide bonds. The molecule has 0 saturated carbocycles. The zero-order valence-electron chi connectivity index (χ0n) is 19.2. The molecule has 1 aliphatic rings. The van der Waals surface area contributed by atoms with Crippen molar-refractivity contribution in [1.29, 1.82) is 0 Å². The number of piperazine rings is 1. The zero-order valence-corrected chi connectivity index (χ0v) is 23.2. The number of carbonyl (C=O) groups is 1. The summed E-state index contributed by atoms with van der Waals surface area (Å²) >= 11 is 13.1. The molecular formula is C18H19Cl2N9O5S3. The van der Waals surface area contributed by atoms with E-state index in [2.05, 4.69) is 30.7 Å². The Balaban J connectivity index is 1.46. The Hall–Kier alpha value is -2.70. The van der Waals surface area contributed by atoms with Crippen molar-refractivity contribution >= 4 is 77.3 Å². The molecule has 37 heavy (non-hydrogen) atoms. The average molecular weight is 609 g/mol. The molecule has 3 aromatic rings. The van der Waals surface area contributed by atoms with E-state index in [1.807, 2.05) is 4.90 Å². The van der Waals surface area contributed by atoms with Crippen molar-refractivity contribution in [3.8, 4) is 0 Å². The quantitative estimate of drug-likeness (QED) is 0.409. The van der Waals surface area contributed by atoms with Crippen molar-refractivity contribution < 1.29 is 21.6 Å². The van der Waals surface area contributed by atoms with Crippen LogP contribution in [0.2, 0.25) is 10.3 Å². The Morgan fingerprint density at radius 1 is 1.03 bits per heavy atom. The Morgan fingerprint density at radius 3 is 2.30 bits per heavy atom. The van der Waals surface area contributed by atoms with Crippen LogP contribution in [-0.2, 0) is 20.0 Å². The summed E-state index contributed by atoms with van der Waals surface area (Å²) in [4.78, 5) is 19.0. The molecule has 0 radical (unpaired) electrons. The maximum atomic E-state index is 13.0. The van der Waals surface area contributed by atoms with E-state index in [4.69, 9.17) is 23.2 Å². The molecule has 4 rings (SSSR count). The lowest BCUT2D eigenvalue weighted by Gasteiger charge is -2.33. The van der Waals surface area contributed by atoms with Crippen molar-refractivity contribution in [1.82, 2.24) is 29.7 Å². The largest absolute Gasteiger partial charge is 0.345 e. The van der Waals surface area contributed by atoms with Gasteiger partial charge in [0, 0.05) is 38.6 Å². The highest BCUT2D eigenvalue weighted by atomic mass is 35.5. The van der Waals surface area contributed by atoms with E-state index in [0.29, 0.717) is 18.2 Å². The molecule has 1 fully saturated rings. The number of anilines is 3. The molecule has 0 aliphatic carbocycles. The topological polar surface area (TPSA) is 172 Å². The summed E-state index contributed by atoms with van der Waals surface area (Å²) < 4.78 is 51.9. The third-order valence-electron chi connectivity index (χ3n) is 5.24. The van der Waals surface area contributed by atoms with Crippen molar-refractivity contribution in [3.63, 3.8) is 0 Å². The van der Waals surface area contributed by atoms with Gasteiger partial charge in [0.15, 0.2) is 26.9 Å². The van der Waals surface area contributed by atoms with Crippen molar-refractivity contribution in [2.45, 2.75) is 5.03 Å². The van der Waals surface area contributed by atoms with Gasteiger partial charge >= 0.3 is 0 Å². The van der Waals surface area contributed by atoms with Gasteiger partial charge in [-0.3, -0.25) is 9.10 Å². The van der Waals surface area contributed by atoms with Crippen LogP contribution in [-0.4, -0.2) is 91.9 Å². The van der Waals surface area contributed by atoms with Crippen molar-refractivity contribution in [2.24, 2.45) is 0 Å². The first-order chi connectivity index (χ1) is 17.4. The summed E-state index contributed by atoms with van der Waals surface area (Å²) in [5, 5.41) is 19.7. The van der Waals surface area contributed by atoms with Gasteiger partial charge in [-0.1, -0.05) is 23.2 Å². The van der Waals surface area contributed by atoms with Crippen LogP contribution in [0.1, 0.15) is 10.4 Å². The number of hydrogen-bond acceptors (Lipinski definition) is 12. The van der Waals surface area contributed by atoms with E-state index < -0.39 is 26.0 Å². The number of aromatic nitrogens is 5. The van der Waals surface area contributed by atoms with Crippen LogP contribution >= 0.6 is 34.5 Å². The smallest absolute Gasteiger partial charge is 0.262 e. The van der Waals surface area contributed by atoms with Gasteiger partial charge < -0.3 is 10.2 Å². The van der Waals surface area contributed by atoms with E-state index in [0.717, 1.165) is 21.8 Å².